The molecule has 0 amide bonds. The zero-order chi connectivity index (χ0) is 14.0. The first-order valence-corrected chi connectivity index (χ1v) is 6.42. The molecule has 7 nitrogen and oxygen atoms in total. The predicted octanol–water partition coefficient (Wildman–Crippen LogP) is -0.0244. The fourth-order valence-electron chi connectivity index (χ4n) is 2.07. The van der Waals surface area contributed by atoms with Crippen LogP contribution in [0.2, 0.25) is 0 Å². The van der Waals surface area contributed by atoms with Gasteiger partial charge >= 0.3 is 5.69 Å². The molecule has 19 heavy (non-hydrogen) atoms. The molecule has 1 aromatic rings. The average molecular weight is 268 g/mol. The molecule has 0 saturated heterocycles. The van der Waals surface area contributed by atoms with Gasteiger partial charge in [0.25, 0.3) is 5.56 Å². The molecule has 2 rings (SSSR count). The van der Waals surface area contributed by atoms with Crippen LogP contribution in [0.1, 0.15) is 19.8 Å². The highest BCUT2D eigenvalue weighted by Crippen LogP contribution is 2.34. The number of aromatic nitrogens is 2. The third-order valence-electron chi connectivity index (χ3n) is 3.46. The second-order valence-electron chi connectivity index (χ2n) is 4.93. The van der Waals surface area contributed by atoms with Crippen LogP contribution >= 0.6 is 0 Å². The molecular weight excluding hydrogens is 248 g/mol. The summed E-state index contributed by atoms with van der Waals surface area (Å²) in [6.45, 7) is 2.68. The van der Waals surface area contributed by atoms with Gasteiger partial charge in [-0.2, -0.15) is 0 Å². The second-order valence-corrected chi connectivity index (χ2v) is 4.93. The average Bonchev–Trinajstić information content (AvgIpc) is 3.18. The lowest BCUT2D eigenvalue weighted by atomic mass is 10.2. The first kappa shape index (κ1) is 13.7. The molecule has 4 N–H and O–H groups in total. The van der Waals surface area contributed by atoms with Crippen LogP contribution in [0.25, 0.3) is 0 Å². The van der Waals surface area contributed by atoms with E-state index in [1.54, 1.807) is 7.11 Å². The van der Waals surface area contributed by atoms with Crippen molar-refractivity contribution in [3.63, 3.8) is 0 Å². The normalized spacial score (nSPS) is 16.3. The summed E-state index contributed by atoms with van der Waals surface area (Å²) in [6, 6.07) is 0.178. The van der Waals surface area contributed by atoms with Gasteiger partial charge in [0, 0.05) is 13.2 Å². The molecule has 0 spiro atoms. The lowest BCUT2D eigenvalue weighted by Gasteiger charge is -2.17. The van der Waals surface area contributed by atoms with E-state index in [2.05, 4.69) is 10.3 Å². The standard InChI is InChI=1S/C12H20N4O3/c1-7(8-3-4-8)14-9-10(13)16(5-6-19-2)12(18)15-11(9)17/h7-8,14H,3-6,13H2,1-2H3,(H,15,17,18). The van der Waals surface area contributed by atoms with E-state index in [0.29, 0.717) is 19.1 Å². The smallest absolute Gasteiger partial charge is 0.330 e. The van der Waals surface area contributed by atoms with Crippen molar-refractivity contribution in [2.24, 2.45) is 5.92 Å². The highest BCUT2D eigenvalue weighted by molar-refractivity contribution is 5.61. The summed E-state index contributed by atoms with van der Waals surface area (Å²) in [5, 5.41) is 3.12. The maximum Gasteiger partial charge on any atom is 0.330 e. The van der Waals surface area contributed by atoms with Crippen LogP contribution < -0.4 is 22.3 Å². The Kier molecular flexibility index (Phi) is 3.94. The van der Waals surface area contributed by atoms with Crippen LogP contribution in [-0.2, 0) is 11.3 Å². The van der Waals surface area contributed by atoms with Gasteiger partial charge in [0.05, 0.1) is 13.2 Å². The van der Waals surface area contributed by atoms with Crippen LogP contribution in [0.15, 0.2) is 9.59 Å². The van der Waals surface area contributed by atoms with Gasteiger partial charge in [-0.05, 0) is 25.7 Å². The van der Waals surface area contributed by atoms with E-state index in [4.69, 9.17) is 10.5 Å². The molecule has 1 saturated carbocycles. The van der Waals surface area contributed by atoms with Gasteiger partial charge in [-0.1, -0.05) is 0 Å². The number of anilines is 2. The van der Waals surface area contributed by atoms with Crippen molar-refractivity contribution in [1.82, 2.24) is 9.55 Å². The summed E-state index contributed by atoms with van der Waals surface area (Å²) in [4.78, 5) is 25.8. The monoisotopic (exact) mass is 268 g/mol. The van der Waals surface area contributed by atoms with Gasteiger partial charge in [-0.15, -0.1) is 0 Å². The summed E-state index contributed by atoms with van der Waals surface area (Å²) >= 11 is 0. The van der Waals surface area contributed by atoms with Gasteiger partial charge in [-0.3, -0.25) is 14.3 Å². The van der Waals surface area contributed by atoms with Crippen LogP contribution in [0.5, 0.6) is 0 Å². The number of methoxy groups -OCH3 is 1. The van der Waals surface area contributed by atoms with E-state index in [0.717, 1.165) is 12.8 Å². The van der Waals surface area contributed by atoms with E-state index < -0.39 is 11.2 Å². The number of aromatic amines is 1. The Bertz CT molecular complexity index is 559. The van der Waals surface area contributed by atoms with Crippen molar-refractivity contribution in [2.75, 3.05) is 24.8 Å². The van der Waals surface area contributed by atoms with E-state index in [1.165, 1.54) is 4.57 Å². The molecule has 1 heterocycles. The maximum atomic E-state index is 11.8. The number of hydrogen-bond donors (Lipinski definition) is 3. The van der Waals surface area contributed by atoms with E-state index in [-0.39, 0.29) is 17.5 Å². The Morgan fingerprint density at radius 2 is 2.21 bits per heavy atom. The topological polar surface area (TPSA) is 102 Å². The zero-order valence-electron chi connectivity index (χ0n) is 11.2. The van der Waals surface area contributed by atoms with Gasteiger partial charge in [0.1, 0.15) is 11.5 Å². The molecule has 1 unspecified atom stereocenters. The molecule has 0 aromatic carbocycles. The molecule has 1 atom stereocenters. The Morgan fingerprint density at radius 3 is 2.79 bits per heavy atom. The number of ether oxygens (including phenoxy) is 1. The fourth-order valence-corrected chi connectivity index (χ4v) is 2.07. The molecule has 1 aliphatic carbocycles. The van der Waals surface area contributed by atoms with Crippen molar-refractivity contribution in [3.8, 4) is 0 Å². The quantitative estimate of drug-likeness (QED) is 0.672. The Hall–Kier alpha value is -1.76. The summed E-state index contributed by atoms with van der Waals surface area (Å²) in [5.41, 5.74) is 5.21. The van der Waals surface area contributed by atoms with Crippen molar-refractivity contribution in [3.05, 3.63) is 20.8 Å². The molecule has 0 radical (unpaired) electrons. The number of rotatable bonds is 6. The second kappa shape index (κ2) is 5.48. The van der Waals surface area contributed by atoms with Crippen LogP contribution in [0, 0.1) is 5.92 Å². The predicted molar refractivity (Wildman–Crippen MR) is 73.4 cm³/mol. The molecular formula is C12H20N4O3. The summed E-state index contributed by atoms with van der Waals surface area (Å²) in [6.07, 6.45) is 2.32. The largest absolute Gasteiger partial charge is 0.383 e. The highest BCUT2D eigenvalue weighted by atomic mass is 16.5. The molecule has 0 aliphatic heterocycles. The lowest BCUT2D eigenvalue weighted by molar-refractivity contribution is 0.186. The van der Waals surface area contributed by atoms with E-state index in [1.807, 2.05) is 6.92 Å². The van der Waals surface area contributed by atoms with Crippen LogP contribution in [-0.4, -0.2) is 29.3 Å². The number of nitrogen functional groups attached to an aromatic ring is 1. The van der Waals surface area contributed by atoms with Crippen molar-refractivity contribution in [1.29, 1.82) is 0 Å². The van der Waals surface area contributed by atoms with Crippen LogP contribution in [0.4, 0.5) is 11.5 Å². The zero-order valence-corrected chi connectivity index (χ0v) is 11.2. The Balaban J connectivity index is 2.30. The number of H-pyrrole nitrogens is 1. The minimum atomic E-state index is -0.510. The highest BCUT2D eigenvalue weighted by Gasteiger charge is 2.29. The van der Waals surface area contributed by atoms with Gasteiger partial charge < -0.3 is 15.8 Å². The van der Waals surface area contributed by atoms with Gasteiger partial charge in [-0.25, -0.2) is 4.79 Å². The summed E-state index contributed by atoms with van der Waals surface area (Å²) in [7, 11) is 1.54. The first-order valence-electron chi connectivity index (χ1n) is 6.42. The summed E-state index contributed by atoms with van der Waals surface area (Å²) < 4.78 is 6.24. The third-order valence-corrected chi connectivity index (χ3v) is 3.46. The maximum absolute atomic E-state index is 11.8. The minimum Gasteiger partial charge on any atom is -0.383 e. The molecule has 7 heteroatoms. The van der Waals surface area contributed by atoms with Crippen molar-refractivity contribution >= 4 is 11.5 Å². The van der Waals surface area contributed by atoms with Crippen LogP contribution in [0.3, 0.4) is 0 Å². The first-order chi connectivity index (χ1) is 9.04. The number of nitrogens with one attached hydrogen (secondary N) is 2. The number of nitrogens with two attached hydrogens (primary N) is 1. The summed E-state index contributed by atoms with van der Waals surface area (Å²) in [5.74, 6) is 0.747. The molecule has 106 valence electrons. The number of hydrogen-bond acceptors (Lipinski definition) is 5. The van der Waals surface area contributed by atoms with Gasteiger partial charge in [0.2, 0.25) is 0 Å². The third kappa shape index (κ3) is 2.98. The SMILES string of the molecule is COCCn1c(N)c(NC(C)C2CC2)c(=O)[nH]c1=O. The van der Waals surface area contributed by atoms with E-state index >= 15 is 0 Å². The minimum absolute atomic E-state index is 0.165. The lowest BCUT2D eigenvalue weighted by Crippen LogP contribution is -2.36. The van der Waals surface area contributed by atoms with Crippen molar-refractivity contribution in [2.45, 2.75) is 32.4 Å². The molecule has 1 aromatic heterocycles. The Labute approximate surface area is 110 Å². The Morgan fingerprint density at radius 1 is 1.53 bits per heavy atom. The molecule has 0 bridgehead atoms. The van der Waals surface area contributed by atoms with Gasteiger partial charge in [0.15, 0.2) is 0 Å². The fraction of sp³-hybridized carbons (Fsp3) is 0.667. The molecule has 1 fully saturated rings. The number of nitrogens with zero attached hydrogens (tertiary/aromatic N) is 1. The molecule has 1 aliphatic rings. The van der Waals surface area contributed by atoms with E-state index in [9.17, 15) is 9.59 Å². The van der Waals surface area contributed by atoms with Crippen molar-refractivity contribution < 1.29 is 4.74 Å².